The summed E-state index contributed by atoms with van der Waals surface area (Å²) in [6, 6.07) is -3.67. The highest BCUT2D eigenvalue weighted by atomic mass is 16.4. The van der Waals surface area contributed by atoms with Gasteiger partial charge in [0, 0.05) is 0 Å². The van der Waals surface area contributed by atoms with Crippen LogP contribution in [0.3, 0.4) is 0 Å². The van der Waals surface area contributed by atoms with E-state index in [9.17, 15) is 24.3 Å². The third-order valence-corrected chi connectivity index (χ3v) is 6.00. The van der Waals surface area contributed by atoms with Crippen molar-refractivity contribution in [2.24, 2.45) is 29.0 Å². The predicted octanol–water partition coefficient (Wildman–Crippen LogP) is 0.203. The van der Waals surface area contributed by atoms with Crippen molar-refractivity contribution < 1.29 is 24.3 Å². The second kappa shape index (κ2) is 18.1. The van der Waals surface area contributed by atoms with Gasteiger partial charge in [-0.3, -0.25) is 14.4 Å². The first kappa shape index (κ1) is 32.8. The van der Waals surface area contributed by atoms with Gasteiger partial charge in [0.25, 0.3) is 0 Å². The van der Waals surface area contributed by atoms with Crippen molar-refractivity contribution in [2.45, 2.75) is 103 Å². The zero-order chi connectivity index (χ0) is 27.0. The summed E-state index contributed by atoms with van der Waals surface area (Å²) < 4.78 is 0. The molecule has 0 saturated carbocycles. The number of amides is 3. The topological polar surface area (TPSA) is 203 Å². The molecule has 10 N–H and O–H groups in total. The quantitative estimate of drug-likeness (QED) is 0.122. The van der Waals surface area contributed by atoms with Crippen LogP contribution in [-0.4, -0.2) is 66.1 Å². The summed E-state index contributed by atoms with van der Waals surface area (Å²) in [6.45, 7) is 8.35. The molecule has 0 rings (SSSR count). The molecule has 3 amide bonds. The van der Waals surface area contributed by atoms with E-state index >= 15 is 0 Å². The number of nitrogens with two attached hydrogens (primary N) is 3. The minimum absolute atomic E-state index is 0.0548. The third-order valence-electron chi connectivity index (χ3n) is 6.00. The fraction of sp³-hybridized carbons (Fsp3) is 0.833. The zero-order valence-electron chi connectivity index (χ0n) is 21.8. The van der Waals surface area contributed by atoms with Crippen LogP contribution in [-0.2, 0) is 19.2 Å². The molecule has 0 aromatic heterocycles. The van der Waals surface area contributed by atoms with Crippen LogP contribution in [0.15, 0.2) is 0 Å². The van der Waals surface area contributed by atoms with E-state index in [-0.39, 0.29) is 11.8 Å². The van der Waals surface area contributed by atoms with Gasteiger partial charge >= 0.3 is 5.97 Å². The molecule has 35 heavy (non-hydrogen) atoms. The number of rotatable bonds is 19. The molecule has 204 valence electrons. The van der Waals surface area contributed by atoms with Crippen LogP contribution in [0.2, 0.25) is 0 Å². The Balaban J connectivity index is 5.48. The Morgan fingerprint density at radius 1 is 0.771 bits per heavy atom. The second-order valence-corrected chi connectivity index (χ2v) is 9.64. The molecule has 0 aromatic rings. The molecule has 0 aliphatic heterocycles. The van der Waals surface area contributed by atoms with Crippen LogP contribution in [0.5, 0.6) is 0 Å². The van der Waals surface area contributed by atoms with Gasteiger partial charge in [-0.05, 0) is 63.5 Å². The number of carboxylic acid groups (broad SMARTS) is 1. The first-order valence-corrected chi connectivity index (χ1v) is 12.8. The average Bonchev–Trinajstić information content (AvgIpc) is 2.80. The van der Waals surface area contributed by atoms with Crippen molar-refractivity contribution in [3.8, 4) is 0 Å². The van der Waals surface area contributed by atoms with E-state index in [0.29, 0.717) is 58.0 Å². The molecule has 0 heterocycles. The summed E-state index contributed by atoms with van der Waals surface area (Å²) in [5.74, 6) is -2.87. The zero-order valence-corrected chi connectivity index (χ0v) is 21.8. The van der Waals surface area contributed by atoms with Crippen LogP contribution in [0.25, 0.3) is 0 Å². The molecule has 11 heteroatoms. The third kappa shape index (κ3) is 13.4. The number of aliphatic carboxylic acids is 1. The van der Waals surface area contributed by atoms with E-state index in [1.807, 2.05) is 20.8 Å². The van der Waals surface area contributed by atoms with Crippen molar-refractivity contribution in [1.82, 2.24) is 16.0 Å². The molecular weight excluding hydrogens is 452 g/mol. The maximum absolute atomic E-state index is 13.2. The molecule has 0 spiro atoms. The summed E-state index contributed by atoms with van der Waals surface area (Å²) in [5, 5.41) is 17.5. The smallest absolute Gasteiger partial charge is 0.326 e. The highest BCUT2D eigenvalue weighted by molar-refractivity contribution is 5.94. The molecule has 0 bridgehead atoms. The van der Waals surface area contributed by atoms with Gasteiger partial charge in [-0.25, -0.2) is 4.79 Å². The normalized spacial score (nSPS) is 15.5. The number of hydrogen-bond acceptors (Lipinski definition) is 7. The van der Waals surface area contributed by atoms with Crippen molar-refractivity contribution in [3.05, 3.63) is 0 Å². The van der Waals surface area contributed by atoms with Crippen LogP contribution in [0.1, 0.15) is 79.1 Å². The van der Waals surface area contributed by atoms with E-state index in [4.69, 9.17) is 17.2 Å². The number of carboxylic acids is 1. The summed E-state index contributed by atoms with van der Waals surface area (Å²) in [7, 11) is 0. The van der Waals surface area contributed by atoms with Gasteiger partial charge in [-0.1, -0.05) is 40.5 Å². The average molecular weight is 501 g/mol. The van der Waals surface area contributed by atoms with Crippen LogP contribution in [0, 0.1) is 11.8 Å². The Morgan fingerprint density at radius 3 is 1.77 bits per heavy atom. The monoisotopic (exact) mass is 500 g/mol. The molecule has 0 aliphatic carbocycles. The fourth-order valence-corrected chi connectivity index (χ4v) is 3.59. The van der Waals surface area contributed by atoms with Gasteiger partial charge in [0.15, 0.2) is 0 Å². The summed E-state index contributed by atoms with van der Waals surface area (Å²) in [5.41, 5.74) is 17.0. The van der Waals surface area contributed by atoms with Gasteiger partial charge < -0.3 is 38.3 Å². The summed E-state index contributed by atoms with van der Waals surface area (Å²) >= 11 is 0. The van der Waals surface area contributed by atoms with Gasteiger partial charge in [-0.15, -0.1) is 0 Å². The van der Waals surface area contributed by atoms with Gasteiger partial charge in [0.2, 0.25) is 17.7 Å². The largest absolute Gasteiger partial charge is 0.480 e. The molecule has 5 unspecified atom stereocenters. The molecule has 0 aliphatic rings. The number of carbonyl (C=O) groups is 4. The summed E-state index contributed by atoms with van der Waals surface area (Å²) in [4.78, 5) is 50.4. The molecule has 11 nitrogen and oxygen atoms in total. The second-order valence-electron chi connectivity index (χ2n) is 9.64. The standard InChI is InChI=1S/C24H48N6O5/c1-5-16(4)20(24(34)35)30-23(33)19(14-15(2)3)29-22(32)18(11-7-9-13-26)28-21(31)17(27)10-6-8-12-25/h15-20H,5-14,25-27H2,1-4H3,(H,28,31)(H,29,32)(H,30,33)(H,34,35). The highest BCUT2D eigenvalue weighted by Crippen LogP contribution is 2.12. The maximum Gasteiger partial charge on any atom is 0.326 e. The van der Waals surface area contributed by atoms with E-state index in [2.05, 4.69) is 16.0 Å². The number of hydrogen-bond donors (Lipinski definition) is 7. The Bertz CT molecular complexity index is 660. The van der Waals surface area contributed by atoms with Crippen LogP contribution < -0.4 is 33.2 Å². The Morgan fingerprint density at radius 2 is 1.29 bits per heavy atom. The van der Waals surface area contributed by atoms with Crippen LogP contribution >= 0.6 is 0 Å². The van der Waals surface area contributed by atoms with E-state index in [1.54, 1.807) is 6.92 Å². The fourth-order valence-electron chi connectivity index (χ4n) is 3.59. The lowest BCUT2D eigenvalue weighted by Crippen LogP contribution is -2.58. The van der Waals surface area contributed by atoms with Gasteiger partial charge in [-0.2, -0.15) is 0 Å². The van der Waals surface area contributed by atoms with Gasteiger partial charge in [0.05, 0.1) is 6.04 Å². The lowest BCUT2D eigenvalue weighted by molar-refractivity contribution is -0.144. The van der Waals surface area contributed by atoms with E-state index in [0.717, 1.165) is 6.42 Å². The van der Waals surface area contributed by atoms with E-state index in [1.165, 1.54) is 0 Å². The first-order chi connectivity index (χ1) is 16.5. The lowest BCUT2D eigenvalue weighted by Gasteiger charge is -2.27. The minimum Gasteiger partial charge on any atom is -0.480 e. The number of nitrogens with one attached hydrogen (secondary N) is 3. The van der Waals surface area contributed by atoms with Gasteiger partial charge in [0.1, 0.15) is 18.1 Å². The predicted molar refractivity (Wildman–Crippen MR) is 136 cm³/mol. The van der Waals surface area contributed by atoms with Crippen molar-refractivity contribution >= 4 is 23.7 Å². The SMILES string of the molecule is CCC(C)C(NC(=O)C(CC(C)C)NC(=O)C(CCCCN)NC(=O)C(N)CCCCN)C(=O)O. The number of unbranched alkanes of at least 4 members (excludes halogenated alkanes) is 2. The van der Waals surface area contributed by atoms with Crippen molar-refractivity contribution in [3.63, 3.8) is 0 Å². The highest BCUT2D eigenvalue weighted by Gasteiger charge is 2.32. The molecular formula is C24H48N6O5. The number of carbonyl (C=O) groups excluding carboxylic acids is 3. The molecule has 0 saturated heterocycles. The lowest BCUT2D eigenvalue weighted by atomic mass is 9.97. The van der Waals surface area contributed by atoms with Crippen LogP contribution in [0.4, 0.5) is 0 Å². The van der Waals surface area contributed by atoms with E-state index < -0.39 is 47.9 Å². The maximum atomic E-state index is 13.2. The first-order valence-electron chi connectivity index (χ1n) is 12.8. The van der Waals surface area contributed by atoms with Crippen molar-refractivity contribution in [2.75, 3.05) is 13.1 Å². The Hall–Kier alpha value is -2.24. The minimum atomic E-state index is -1.13. The molecule has 0 fully saturated rings. The molecule has 0 aromatic carbocycles. The molecule has 5 atom stereocenters. The molecule has 0 radical (unpaired) electrons. The van der Waals surface area contributed by atoms with Crippen molar-refractivity contribution in [1.29, 1.82) is 0 Å². The Kier molecular flexibility index (Phi) is 16.9. The Labute approximate surface area is 209 Å². The summed E-state index contributed by atoms with van der Waals surface area (Å²) in [6.07, 6.45) is 4.40.